The molecule has 0 saturated carbocycles. The van der Waals surface area contributed by atoms with Crippen LogP contribution in [0.25, 0.3) is 0 Å². The third-order valence-corrected chi connectivity index (χ3v) is 2.59. The molecule has 0 spiro atoms. The lowest BCUT2D eigenvalue weighted by Crippen LogP contribution is -2.34. The standard InChI is InChI=1S/C12H13ClO3/c1-12(2,11(15)16-3)10(14)8-5-4-6-9(13)7-8/h4-7H,1-3H3. The zero-order valence-corrected chi connectivity index (χ0v) is 10.2. The Morgan fingerprint density at radius 1 is 1.31 bits per heavy atom. The number of Topliss-reactive ketones (excluding diaryl/α,β-unsaturated/α-hetero) is 1. The van der Waals surface area contributed by atoms with Gasteiger partial charge in [0, 0.05) is 10.6 Å². The van der Waals surface area contributed by atoms with Gasteiger partial charge in [-0.25, -0.2) is 0 Å². The van der Waals surface area contributed by atoms with Crippen LogP contribution in [0.2, 0.25) is 5.02 Å². The van der Waals surface area contributed by atoms with Gasteiger partial charge in [0.25, 0.3) is 0 Å². The van der Waals surface area contributed by atoms with Gasteiger partial charge in [-0.1, -0.05) is 23.7 Å². The van der Waals surface area contributed by atoms with Crippen LogP contribution in [0.1, 0.15) is 24.2 Å². The molecule has 0 fully saturated rings. The van der Waals surface area contributed by atoms with E-state index in [1.807, 2.05) is 0 Å². The number of benzene rings is 1. The summed E-state index contributed by atoms with van der Waals surface area (Å²) in [7, 11) is 1.26. The number of esters is 1. The molecule has 0 heterocycles. The summed E-state index contributed by atoms with van der Waals surface area (Å²) >= 11 is 5.78. The molecule has 0 amide bonds. The number of rotatable bonds is 3. The molecular weight excluding hydrogens is 228 g/mol. The van der Waals surface area contributed by atoms with Gasteiger partial charge < -0.3 is 4.74 Å². The normalized spacial score (nSPS) is 11.0. The summed E-state index contributed by atoms with van der Waals surface area (Å²) in [6, 6.07) is 6.50. The summed E-state index contributed by atoms with van der Waals surface area (Å²) in [5.41, 5.74) is -0.790. The van der Waals surface area contributed by atoms with Crippen molar-refractivity contribution in [2.45, 2.75) is 13.8 Å². The zero-order chi connectivity index (χ0) is 12.3. The molecule has 0 bridgehead atoms. The number of halogens is 1. The summed E-state index contributed by atoms with van der Waals surface area (Å²) in [6.45, 7) is 3.06. The SMILES string of the molecule is COC(=O)C(C)(C)C(=O)c1cccc(Cl)c1. The van der Waals surface area contributed by atoms with Crippen molar-refractivity contribution in [1.82, 2.24) is 0 Å². The number of ether oxygens (including phenoxy) is 1. The van der Waals surface area contributed by atoms with Crippen LogP contribution in [0.15, 0.2) is 24.3 Å². The van der Waals surface area contributed by atoms with E-state index < -0.39 is 11.4 Å². The molecule has 0 unspecified atom stereocenters. The van der Waals surface area contributed by atoms with Gasteiger partial charge in [0.2, 0.25) is 0 Å². The summed E-state index contributed by atoms with van der Waals surface area (Å²) in [5.74, 6) is -0.862. The predicted octanol–water partition coefficient (Wildman–Crippen LogP) is 2.72. The molecule has 1 rings (SSSR count). The van der Waals surface area contributed by atoms with Crippen molar-refractivity contribution in [3.05, 3.63) is 34.9 Å². The van der Waals surface area contributed by atoms with E-state index in [1.54, 1.807) is 18.2 Å². The Bertz CT molecular complexity index is 424. The Morgan fingerprint density at radius 2 is 1.94 bits per heavy atom. The van der Waals surface area contributed by atoms with Crippen LogP contribution in [0, 0.1) is 5.41 Å². The molecule has 0 aliphatic rings. The Labute approximate surface area is 99.4 Å². The highest BCUT2D eigenvalue weighted by molar-refractivity contribution is 6.31. The Morgan fingerprint density at radius 3 is 2.44 bits per heavy atom. The van der Waals surface area contributed by atoms with Gasteiger partial charge >= 0.3 is 5.97 Å². The van der Waals surface area contributed by atoms with Crippen LogP contribution in [0.3, 0.4) is 0 Å². The second kappa shape index (κ2) is 4.66. The van der Waals surface area contributed by atoms with Crippen LogP contribution in [0.4, 0.5) is 0 Å². The highest BCUT2D eigenvalue weighted by Gasteiger charge is 2.37. The highest BCUT2D eigenvalue weighted by atomic mass is 35.5. The fraction of sp³-hybridized carbons (Fsp3) is 0.333. The molecule has 0 aliphatic heterocycles. The molecule has 4 heteroatoms. The van der Waals surface area contributed by atoms with Crippen molar-refractivity contribution in [2.24, 2.45) is 5.41 Å². The molecule has 16 heavy (non-hydrogen) atoms. The summed E-state index contributed by atoms with van der Waals surface area (Å²) in [4.78, 5) is 23.5. The van der Waals surface area contributed by atoms with E-state index in [0.717, 1.165) is 0 Å². The van der Waals surface area contributed by atoms with E-state index in [4.69, 9.17) is 11.6 Å². The molecular formula is C12H13ClO3. The van der Waals surface area contributed by atoms with Gasteiger partial charge in [-0.05, 0) is 26.0 Å². The fourth-order valence-corrected chi connectivity index (χ4v) is 1.53. The first-order valence-corrected chi connectivity index (χ1v) is 5.16. The van der Waals surface area contributed by atoms with E-state index in [-0.39, 0.29) is 5.78 Å². The van der Waals surface area contributed by atoms with E-state index >= 15 is 0 Å². The first-order chi connectivity index (χ1) is 7.39. The number of methoxy groups -OCH3 is 1. The van der Waals surface area contributed by atoms with E-state index in [0.29, 0.717) is 10.6 Å². The predicted molar refractivity (Wildman–Crippen MR) is 61.6 cm³/mol. The van der Waals surface area contributed by atoms with E-state index in [9.17, 15) is 9.59 Å². The third-order valence-electron chi connectivity index (χ3n) is 2.35. The van der Waals surface area contributed by atoms with Gasteiger partial charge in [-0.15, -0.1) is 0 Å². The molecule has 0 N–H and O–H groups in total. The van der Waals surface area contributed by atoms with Gasteiger partial charge in [0.05, 0.1) is 7.11 Å². The molecule has 3 nitrogen and oxygen atoms in total. The first kappa shape index (κ1) is 12.7. The minimum atomic E-state index is -1.20. The van der Waals surface area contributed by atoms with Gasteiger partial charge in [0.1, 0.15) is 5.41 Å². The molecule has 0 aliphatic carbocycles. The van der Waals surface area contributed by atoms with Gasteiger partial charge in [-0.3, -0.25) is 9.59 Å². The minimum absolute atomic E-state index is 0.304. The Hall–Kier alpha value is -1.35. The van der Waals surface area contributed by atoms with Crippen LogP contribution >= 0.6 is 11.6 Å². The number of carbonyl (C=O) groups is 2. The van der Waals surface area contributed by atoms with Crippen molar-refractivity contribution in [2.75, 3.05) is 7.11 Å². The second-order valence-corrected chi connectivity index (χ2v) is 4.39. The molecule has 86 valence electrons. The zero-order valence-electron chi connectivity index (χ0n) is 9.41. The average Bonchev–Trinajstić information content (AvgIpc) is 2.26. The van der Waals surface area contributed by atoms with Crippen LogP contribution in [-0.2, 0) is 9.53 Å². The Kier molecular flexibility index (Phi) is 3.70. The summed E-state index contributed by atoms with van der Waals surface area (Å²) < 4.78 is 4.60. The van der Waals surface area contributed by atoms with Crippen molar-refractivity contribution in [3.8, 4) is 0 Å². The fourth-order valence-electron chi connectivity index (χ4n) is 1.34. The third kappa shape index (κ3) is 2.42. The van der Waals surface area contributed by atoms with Crippen molar-refractivity contribution in [3.63, 3.8) is 0 Å². The van der Waals surface area contributed by atoms with Crippen molar-refractivity contribution < 1.29 is 14.3 Å². The van der Waals surface area contributed by atoms with Crippen molar-refractivity contribution >= 4 is 23.4 Å². The van der Waals surface area contributed by atoms with Crippen molar-refractivity contribution in [1.29, 1.82) is 0 Å². The quantitative estimate of drug-likeness (QED) is 0.464. The maximum Gasteiger partial charge on any atom is 0.319 e. The molecule has 0 saturated heterocycles. The molecule has 1 aromatic rings. The number of hydrogen-bond acceptors (Lipinski definition) is 3. The molecule has 0 radical (unpaired) electrons. The highest BCUT2D eigenvalue weighted by Crippen LogP contribution is 2.24. The lowest BCUT2D eigenvalue weighted by molar-refractivity contribution is -0.147. The Balaban J connectivity index is 3.07. The van der Waals surface area contributed by atoms with Gasteiger partial charge in [0.15, 0.2) is 5.78 Å². The lowest BCUT2D eigenvalue weighted by atomic mass is 9.84. The lowest BCUT2D eigenvalue weighted by Gasteiger charge is -2.19. The smallest absolute Gasteiger partial charge is 0.319 e. The van der Waals surface area contributed by atoms with Crippen LogP contribution < -0.4 is 0 Å². The molecule has 1 aromatic carbocycles. The topological polar surface area (TPSA) is 43.4 Å². The second-order valence-electron chi connectivity index (χ2n) is 3.96. The maximum atomic E-state index is 12.1. The number of ketones is 1. The van der Waals surface area contributed by atoms with Crippen LogP contribution in [0.5, 0.6) is 0 Å². The minimum Gasteiger partial charge on any atom is -0.468 e. The van der Waals surface area contributed by atoms with Crippen LogP contribution in [-0.4, -0.2) is 18.9 Å². The monoisotopic (exact) mass is 240 g/mol. The molecule has 0 atom stereocenters. The maximum absolute atomic E-state index is 12.1. The first-order valence-electron chi connectivity index (χ1n) is 4.78. The summed E-state index contributed by atoms with van der Waals surface area (Å²) in [6.07, 6.45) is 0. The average molecular weight is 241 g/mol. The number of carbonyl (C=O) groups excluding carboxylic acids is 2. The van der Waals surface area contributed by atoms with E-state index in [2.05, 4.69) is 4.74 Å². The molecule has 0 aromatic heterocycles. The number of hydrogen-bond donors (Lipinski definition) is 0. The summed E-state index contributed by atoms with van der Waals surface area (Å²) in [5, 5.41) is 0.464. The largest absolute Gasteiger partial charge is 0.468 e. The van der Waals surface area contributed by atoms with E-state index in [1.165, 1.54) is 27.0 Å². The van der Waals surface area contributed by atoms with Gasteiger partial charge in [-0.2, -0.15) is 0 Å².